The van der Waals surface area contributed by atoms with Crippen molar-refractivity contribution in [2.45, 2.75) is 18.9 Å². The number of carbonyl (C=O) groups excluding carboxylic acids is 3. The first-order valence-corrected chi connectivity index (χ1v) is 10.5. The van der Waals surface area contributed by atoms with Crippen LogP contribution >= 0.6 is 0 Å². The molecule has 1 aromatic rings. The maximum absolute atomic E-state index is 13.6. The van der Waals surface area contributed by atoms with Crippen molar-refractivity contribution in [2.24, 2.45) is 23.5 Å². The molecule has 0 aliphatic heterocycles. The van der Waals surface area contributed by atoms with E-state index >= 15 is 0 Å². The van der Waals surface area contributed by atoms with Crippen molar-refractivity contribution in [3.05, 3.63) is 51.8 Å². The van der Waals surface area contributed by atoms with E-state index in [4.69, 9.17) is 12.2 Å². The molecule has 4 rings (SSSR count). The van der Waals surface area contributed by atoms with Gasteiger partial charge in [-0.2, -0.15) is 0 Å². The number of aliphatic hydroxyl groups excluding tert-OH is 2. The third-order valence-electron chi connectivity index (χ3n) is 6.84. The molecule has 33 heavy (non-hydrogen) atoms. The first-order chi connectivity index (χ1) is 15.6. The van der Waals surface area contributed by atoms with Crippen LogP contribution in [0.5, 0.6) is 5.75 Å². The highest BCUT2D eigenvalue weighted by Crippen LogP contribution is 2.50. The number of benzene rings is 1. The minimum absolute atomic E-state index is 0.0493. The monoisotopic (exact) mass is 448 g/mol. The highest BCUT2D eigenvalue weighted by atomic mass is 16.3. The first kappa shape index (κ1) is 22.4. The number of Topliss-reactive ketones (excluding diaryl/α,β-unsaturated/α-hetero) is 2. The number of ketones is 2. The number of phenols is 1. The minimum atomic E-state index is -1.27. The van der Waals surface area contributed by atoms with Gasteiger partial charge in [-0.1, -0.05) is 12.0 Å². The van der Waals surface area contributed by atoms with Gasteiger partial charge < -0.3 is 21.1 Å². The normalized spacial score (nSPS) is 26.8. The lowest BCUT2D eigenvalue weighted by molar-refractivity contribution is -0.136. The predicted molar refractivity (Wildman–Crippen MR) is 121 cm³/mol. The average Bonchev–Trinajstić information content (AvgIpc) is 2.72. The van der Waals surface area contributed by atoms with Gasteiger partial charge in [0.2, 0.25) is 0 Å². The second-order valence-corrected chi connectivity index (χ2v) is 8.83. The number of allylic oxidation sites excluding steroid dienone is 2. The third-order valence-corrected chi connectivity index (χ3v) is 6.84. The highest BCUT2D eigenvalue weighted by molar-refractivity contribution is 6.28. The number of primary amides is 1. The van der Waals surface area contributed by atoms with Gasteiger partial charge in [-0.05, 0) is 68.1 Å². The lowest BCUT2D eigenvalue weighted by Crippen LogP contribution is -2.55. The molecular formula is C25H24N2O6. The zero-order valence-electron chi connectivity index (χ0n) is 18.2. The Hall–Kier alpha value is -3.83. The number of aliphatic hydroxyl groups is 2. The average molecular weight is 448 g/mol. The standard InChI is InChI=1S/C25H24N2O6/c1-4-5-6-11-7-8-15(28)17-13(11)9-12-10-14-18(22(30)16(12)21(17)29)23(31)19(25(26)33)24(32)20(14)27(2)3/h1,5-8,12,14,18,20,28-29,32H,9-10H2,2-3H3,(H2,26,33)/b6-5+/t12-,14+,18?,20-/m0/s1. The molecule has 170 valence electrons. The second kappa shape index (κ2) is 7.94. The number of fused-ring (bicyclic) bond motifs is 3. The van der Waals surface area contributed by atoms with Crippen molar-refractivity contribution in [1.82, 2.24) is 4.90 Å². The van der Waals surface area contributed by atoms with E-state index in [1.165, 1.54) is 12.1 Å². The van der Waals surface area contributed by atoms with Crippen molar-refractivity contribution in [3.63, 3.8) is 0 Å². The van der Waals surface area contributed by atoms with Crippen molar-refractivity contribution in [3.8, 4) is 18.1 Å². The van der Waals surface area contributed by atoms with E-state index in [1.807, 2.05) is 0 Å². The molecule has 0 heterocycles. The van der Waals surface area contributed by atoms with Crippen LogP contribution in [0.15, 0.2) is 35.1 Å². The van der Waals surface area contributed by atoms with Crippen LogP contribution in [0.4, 0.5) is 0 Å². The predicted octanol–water partition coefficient (Wildman–Crippen LogP) is 1.50. The number of aromatic hydroxyl groups is 1. The van der Waals surface area contributed by atoms with E-state index < -0.39 is 52.6 Å². The van der Waals surface area contributed by atoms with Gasteiger partial charge in [-0.15, -0.1) is 6.42 Å². The molecule has 1 amide bonds. The SMILES string of the molecule is C#C/C=C/c1ccc(O)c2c1C[C@H]1C[C@@H]3C(C(=O)C(C(N)=O)=C(O)[C@H]3N(C)C)C(=O)C1=C2O. The fraction of sp³-hybridized carbons (Fsp3) is 0.320. The van der Waals surface area contributed by atoms with Crippen LogP contribution < -0.4 is 5.73 Å². The Bertz CT molecular complexity index is 1230. The smallest absolute Gasteiger partial charge is 0.255 e. The summed E-state index contributed by atoms with van der Waals surface area (Å²) in [5, 5.41) is 32.3. The van der Waals surface area contributed by atoms with Crippen molar-refractivity contribution in [2.75, 3.05) is 14.1 Å². The van der Waals surface area contributed by atoms with Gasteiger partial charge >= 0.3 is 0 Å². The van der Waals surface area contributed by atoms with Crippen LogP contribution in [0.3, 0.4) is 0 Å². The van der Waals surface area contributed by atoms with E-state index in [1.54, 1.807) is 31.1 Å². The summed E-state index contributed by atoms with van der Waals surface area (Å²) in [5.41, 5.74) is 6.29. The maximum atomic E-state index is 13.6. The van der Waals surface area contributed by atoms with Crippen molar-refractivity contribution < 1.29 is 29.7 Å². The number of nitrogens with two attached hydrogens (primary N) is 1. The van der Waals surface area contributed by atoms with Gasteiger partial charge in [-0.3, -0.25) is 19.3 Å². The zero-order valence-corrected chi connectivity index (χ0v) is 18.2. The number of carbonyl (C=O) groups is 3. The lowest BCUT2D eigenvalue weighted by atomic mass is 9.59. The summed E-state index contributed by atoms with van der Waals surface area (Å²) < 4.78 is 0. The topological polar surface area (TPSA) is 141 Å². The summed E-state index contributed by atoms with van der Waals surface area (Å²) >= 11 is 0. The van der Waals surface area contributed by atoms with Crippen molar-refractivity contribution in [1.29, 1.82) is 0 Å². The maximum Gasteiger partial charge on any atom is 0.255 e. The number of likely N-dealkylation sites (N-methyl/N-ethyl adjacent to an activating group) is 1. The van der Waals surface area contributed by atoms with Gasteiger partial charge in [0.1, 0.15) is 22.8 Å². The molecule has 1 fully saturated rings. The largest absolute Gasteiger partial charge is 0.510 e. The summed E-state index contributed by atoms with van der Waals surface area (Å²) in [6, 6.07) is 2.31. The molecule has 0 aromatic heterocycles. The summed E-state index contributed by atoms with van der Waals surface area (Å²) in [5.74, 6) is -3.51. The lowest BCUT2D eigenvalue weighted by Gasteiger charge is -2.46. The Morgan fingerprint density at radius 2 is 1.91 bits per heavy atom. The molecule has 8 heteroatoms. The fourth-order valence-corrected chi connectivity index (χ4v) is 5.58. The summed E-state index contributed by atoms with van der Waals surface area (Å²) in [6.45, 7) is 0. The van der Waals surface area contributed by atoms with E-state index in [-0.39, 0.29) is 22.6 Å². The molecule has 0 saturated heterocycles. The Morgan fingerprint density at radius 3 is 2.52 bits per heavy atom. The van der Waals surface area contributed by atoms with Crippen LogP contribution in [-0.2, 0) is 20.8 Å². The van der Waals surface area contributed by atoms with Crippen LogP contribution in [0.1, 0.15) is 23.1 Å². The number of amides is 1. The summed E-state index contributed by atoms with van der Waals surface area (Å²) in [4.78, 5) is 40.3. The molecule has 1 saturated carbocycles. The van der Waals surface area contributed by atoms with Gasteiger partial charge in [0, 0.05) is 5.57 Å². The van der Waals surface area contributed by atoms with Crippen molar-refractivity contribution >= 4 is 29.3 Å². The van der Waals surface area contributed by atoms with Crippen LogP contribution in [0, 0.1) is 30.1 Å². The first-order valence-electron chi connectivity index (χ1n) is 10.5. The molecule has 3 aliphatic rings. The number of terminal acetylenes is 1. The summed E-state index contributed by atoms with van der Waals surface area (Å²) in [6.07, 6.45) is 9.13. The molecular weight excluding hydrogens is 424 g/mol. The zero-order chi connectivity index (χ0) is 24.2. The Kier molecular flexibility index (Phi) is 5.38. The van der Waals surface area contributed by atoms with Crippen LogP contribution in [-0.4, -0.2) is 57.8 Å². The highest BCUT2D eigenvalue weighted by Gasteiger charge is 2.55. The second-order valence-electron chi connectivity index (χ2n) is 8.83. The van der Waals surface area contributed by atoms with Gasteiger partial charge in [0.15, 0.2) is 11.6 Å². The molecule has 5 N–H and O–H groups in total. The molecule has 4 atom stereocenters. The van der Waals surface area contributed by atoms with E-state index in [0.717, 1.165) is 0 Å². The molecule has 3 aliphatic carbocycles. The number of hydrogen-bond acceptors (Lipinski definition) is 7. The molecule has 0 radical (unpaired) electrons. The van der Waals surface area contributed by atoms with E-state index in [2.05, 4.69) is 5.92 Å². The van der Waals surface area contributed by atoms with Gasteiger partial charge in [0.25, 0.3) is 5.91 Å². The number of rotatable bonds is 3. The van der Waals surface area contributed by atoms with E-state index in [9.17, 15) is 29.7 Å². The summed E-state index contributed by atoms with van der Waals surface area (Å²) in [7, 11) is 3.35. The Labute approximate surface area is 190 Å². The number of phenolic OH excluding ortho intramolecular Hbond substituents is 1. The molecule has 1 aromatic carbocycles. The van der Waals surface area contributed by atoms with E-state index in [0.29, 0.717) is 24.0 Å². The molecule has 0 bridgehead atoms. The quantitative estimate of drug-likeness (QED) is 0.312. The molecule has 1 unspecified atom stereocenters. The number of nitrogens with zero attached hydrogens (tertiary/aromatic N) is 1. The Morgan fingerprint density at radius 1 is 1.21 bits per heavy atom. The Balaban J connectivity index is 1.90. The molecule has 0 spiro atoms. The minimum Gasteiger partial charge on any atom is -0.510 e. The number of hydrogen-bond donors (Lipinski definition) is 4. The third kappa shape index (κ3) is 3.24. The van der Waals surface area contributed by atoms with Crippen LogP contribution in [0.2, 0.25) is 0 Å². The fourth-order valence-electron chi connectivity index (χ4n) is 5.58. The van der Waals surface area contributed by atoms with Crippen LogP contribution in [0.25, 0.3) is 11.8 Å². The van der Waals surface area contributed by atoms with Gasteiger partial charge in [-0.25, -0.2) is 0 Å². The van der Waals surface area contributed by atoms with Gasteiger partial charge in [0.05, 0.1) is 17.5 Å². The molecule has 8 nitrogen and oxygen atoms in total.